The number of nitrogens with zero attached hydrogens (tertiary/aromatic N) is 5. The number of aryl methyl sites for hydroxylation is 1. The zero-order valence-electron chi connectivity index (χ0n) is 17.9. The second-order valence-electron chi connectivity index (χ2n) is 7.23. The van der Waals surface area contributed by atoms with Gasteiger partial charge in [-0.2, -0.15) is 0 Å². The molecule has 0 bridgehead atoms. The minimum Gasteiger partial charge on any atom is -0.459 e. The normalized spacial score (nSPS) is 11.5. The predicted octanol–water partition coefficient (Wildman–Crippen LogP) is 4.37. The molecule has 0 aliphatic rings. The lowest BCUT2D eigenvalue weighted by Gasteiger charge is -2.21. The van der Waals surface area contributed by atoms with E-state index < -0.39 is 0 Å². The van der Waals surface area contributed by atoms with Crippen molar-refractivity contribution < 1.29 is 4.42 Å². The number of rotatable bonds is 7. The molecule has 4 rings (SSSR count). The highest BCUT2D eigenvalue weighted by Gasteiger charge is 2.12. The molecule has 3 aromatic heterocycles. The fraction of sp³-hybridized carbons (Fsp3) is 0.318. The van der Waals surface area contributed by atoms with Gasteiger partial charge in [-0.05, 0) is 36.9 Å². The molecule has 1 aromatic carbocycles. The number of halogens is 1. The van der Waals surface area contributed by atoms with Gasteiger partial charge in [-0.1, -0.05) is 24.3 Å². The maximum Gasteiger partial charge on any atom is 0.194 e. The maximum absolute atomic E-state index is 5.99. The van der Waals surface area contributed by atoms with Crippen molar-refractivity contribution in [2.24, 2.45) is 12.0 Å². The third-order valence-electron chi connectivity index (χ3n) is 5.02. The quantitative estimate of drug-likeness (QED) is 0.210. The summed E-state index contributed by atoms with van der Waals surface area (Å²) in [6, 6.07) is 14.4. The highest BCUT2D eigenvalue weighted by atomic mass is 127. The van der Waals surface area contributed by atoms with E-state index in [0.29, 0.717) is 13.1 Å². The van der Waals surface area contributed by atoms with E-state index in [0.717, 1.165) is 47.3 Å². The van der Waals surface area contributed by atoms with E-state index in [1.807, 2.05) is 43.8 Å². The number of nitrogens with one attached hydrogen (secondary N) is 1. The summed E-state index contributed by atoms with van der Waals surface area (Å²) < 4.78 is 7.95. The average Bonchev–Trinajstić information content (AvgIpc) is 3.46. The van der Waals surface area contributed by atoms with Crippen LogP contribution in [-0.4, -0.2) is 39.2 Å². The maximum atomic E-state index is 5.99. The molecule has 0 spiro atoms. The first-order valence-electron chi connectivity index (χ1n) is 9.94. The van der Waals surface area contributed by atoms with Gasteiger partial charge in [-0.25, -0.2) is 4.99 Å². The number of guanidine groups is 1. The summed E-state index contributed by atoms with van der Waals surface area (Å²) in [5, 5.41) is 15.1. The summed E-state index contributed by atoms with van der Waals surface area (Å²) in [5.74, 6) is 3.43. The Labute approximate surface area is 203 Å². The van der Waals surface area contributed by atoms with E-state index in [2.05, 4.69) is 50.1 Å². The van der Waals surface area contributed by atoms with E-state index >= 15 is 0 Å². The van der Waals surface area contributed by atoms with Crippen LogP contribution in [0.15, 0.2) is 57.3 Å². The Balaban J connectivity index is 0.00000272. The Morgan fingerprint density at radius 3 is 2.77 bits per heavy atom. The topological polar surface area (TPSA) is 71.5 Å². The lowest BCUT2D eigenvalue weighted by atomic mass is 10.2. The van der Waals surface area contributed by atoms with E-state index in [4.69, 9.17) is 9.41 Å². The number of hydrogen-bond donors (Lipinski definition) is 1. The number of hydrogen-bond acceptors (Lipinski definition) is 5. The molecule has 9 heteroatoms. The van der Waals surface area contributed by atoms with Crippen molar-refractivity contribution >= 4 is 52.2 Å². The van der Waals surface area contributed by atoms with E-state index in [-0.39, 0.29) is 24.0 Å². The van der Waals surface area contributed by atoms with Crippen LogP contribution in [0.2, 0.25) is 0 Å². The van der Waals surface area contributed by atoms with Crippen LogP contribution in [0.25, 0.3) is 11.0 Å². The molecule has 0 fully saturated rings. The molecule has 3 heterocycles. The number of aromatic nitrogens is 3. The number of furan rings is 1. The highest BCUT2D eigenvalue weighted by molar-refractivity contribution is 14.0. The molecular formula is C22H27IN6OS. The minimum absolute atomic E-state index is 0. The van der Waals surface area contributed by atoms with Crippen molar-refractivity contribution in [3.05, 3.63) is 70.1 Å². The fourth-order valence-electron chi connectivity index (χ4n) is 3.22. The average molecular weight is 550 g/mol. The zero-order chi connectivity index (χ0) is 20.9. The monoisotopic (exact) mass is 550 g/mol. The minimum atomic E-state index is 0. The van der Waals surface area contributed by atoms with Crippen LogP contribution in [0, 0.1) is 6.92 Å². The summed E-state index contributed by atoms with van der Waals surface area (Å²) in [4.78, 5) is 8.24. The Hall–Kier alpha value is -2.40. The lowest BCUT2D eigenvalue weighted by molar-refractivity contribution is 0.411. The molecule has 0 saturated carbocycles. The van der Waals surface area contributed by atoms with E-state index in [1.165, 1.54) is 4.88 Å². The van der Waals surface area contributed by atoms with Gasteiger partial charge in [0, 0.05) is 30.9 Å². The van der Waals surface area contributed by atoms with Crippen LogP contribution >= 0.6 is 35.3 Å². The van der Waals surface area contributed by atoms with Crippen molar-refractivity contribution in [3.63, 3.8) is 0 Å². The number of benzene rings is 1. The summed E-state index contributed by atoms with van der Waals surface area (Å²) in [6.07, 6.45) is 0.957. The Morgan fingerprint density at radius 1 is 1.23 bits per heavy atom. The molecule has 0 unspecified atom stereocenters. The van der Waals surface area contributed by atoms with Crippen LogP contribution in [0.5, 0.6) is 0 Å². The van der Waals surface area contributed by atoms with Gasteiger partial charge in [0.2, 0.25) is 0 Å². The summed E-state index contributed by atoms with van der Waals surface area (Å²) >= 11 is 1.77. The number of thiophene rings is 1. The highest BCUT2D eigenvalue weighted by Crippen LogP contribution is 2.19. The number of para-hydroxylation sites is 1. The van der Waals surface area contributed by atoms with Gasteiger partial charge in [0.05, 0.1) is 6.54 Å². The van der Waals surface area contributed by atoms with Crippen LogP contribution in [0.1, 0.15) is 22.3 Å². The molecule has 0 atom stereocenters. The SMILES string of the molecule is Cc1nnc(CN=C(NCCc2cccs2)N(C)Cc2cc3ccccc3o2)n1C.I. The van der Waals surface area contributed by atoms with Crippen LogP contribution < -0.4 is 5.32 Å². The fourth-order valence-corrected chi connectivity index (χ4v) is 3.93. The van der Waals surface area contributed by atoms with Crippen LogP contribution in [0.3, 0.4) is 0 Å². The predicted molar refractivity (Wildman–Crippen MR) is 136 cm³/mol. The second kappa shape index (κ2) is 10.8. The summed E-state index contributed by atoms with van der Waals surface area (Å²) in [5.41, 5.74) is 0.902. The van der Waals surface area contributed by atoms with Gasteiger partial charge in [0.15, 0.2) is 11.8 Å². The second-order valence-corrected chi connectivity index (χ2v) is 8.26. The number of fused-ring (bicyclic) bond motifs is 1. The third-order valence-corrected chi connectivity index (χ3v) is 5.95. The van der Waals surface area contributed by atoms with Gasteiger partial charge in [0.25, 0.3) is 0 Å². The van der Waals surface area contributed by atoms with Gasteiger partial charge in [-0.3, -0.25) is 0 Å². The molecule has 164 valence electrons. The molecule has 4 aromatic rings. The Bertz CT molecular complexity index is 1100. The molecule has 31 heavy (non-hydrogen) atoms. The van der Waals surface area contributed by atoms with Crippen molar-refractivity contribution in [1.82, 2.24) is 25.0 Å². The van der Waals surface area contributed by atoms with Crippen molar-refractivity contribution in [2.45, 2.75) is 26.4 Å². The first kappa shape index (κ1) is 23.3. The first-order valence-corrected chi connectivity index (χ1v) is 10.8. The van der Waals surface area contributed by atoms with Crippen LogP contribution in [-0.2, 0) is 26.6 Å². The van der Waals surface area contributed by atoms with E-state index in [1.54, 1.807) is 11.3 Å². The lowest BCUT2D eigenvalue weighted by Crippen LogP contribution is -2.39. The molecule has 7 nitrogen and oxygen atoms in total. The van der Waals surface area contributed by atoms with Gasteiger partial charge < -0.3 is 19.2 Å². The molecule has 1 N–H and O–H groups in total. The largest absolute Gasteiger partial charge is 0.459 e. The van der Waals surface area contributed by atoms with Gasteiger partial charge in [-0.15, -0.1) is 45.5 Å². The Kier molecular flexibility index (Phi) is 8.08. The standard InChI is InChI=1S/C22H26N6OS.HI/c1-16-25-26-21(28(16)3)14-24-22(23-11-10-19-8-6-12-30-19)27(2)15-18-13-17-7-4-5-9-20(17)29-18;/h4-9,12-13H,10-11,14-15H2,1-3H3,(H,23,24);1H. The molecule has 0 aliphatic carbocycles. The van der Waals surface area contributed by atoms with Crippen LogP contribution in [0.4, 0.5) is 0 Å². The van der Waals surface area contributed by atoms with E-state index in [9.17, 15) is 0 Å². The summed E-state index contributed by atoms with van der Waals surface area (Å²) in [7, 11) is 3.98. The molecule has 0 radical (unpaired) electrons. The summed E-state index contributed by atoms with van der Waals surface area (Å²) in [6.45, 7) is 3.83. The molecular weight excluding hydrogens is 523 g/mol. The smallest absolute Gasteiger partial charge is 0.194 e. The molecule has 0 saturated heterocycles. The number of aliphatic imine (C=N–C) groups is 1. The van der Waals surface area contributed by atoms with Crippen molar-refractivity contribution in [3.8, 4) is 0 Å². The van der Waals surface area contributed by atoms with Crippen molar-refractivity contribution in [1.29, 1.82) is 0 Å². The molecule has 0 aliphatic heterocycles. The zero-order valence-corrected chi connectivity index (χ0v) is 21.1. The first-order chi connectivity index (χ1) is 14.6. The Morgan fingerprint density at radius 2 is 2.06 bits per heavy atom. The van der Waals surface area contributed by atoms with Gasteiger partial charge >= 0.3 is 0 Å². The van der Waals surface area contributed by atoms with Crippen molar-refractivity contribution in [2.75, 3.05) is 13.6 Å². The third kappa shape index (κ3) is 5.85. The van der Waals surface area contributed by atoms with Gasteiger partial charge in [0.1, 0.15) is 23.7 Å². The molecule has 0 amide bonds.